The monoisotopic (exact) mass is 407 g/mol. The van der Waals surface area contributed by atoms with Gasteiger partial charge in [-0.05, 0) is 83.5 Å². The number of alkyl halides is 1. The fraction of sp³-hybridized carbons (Fsp3) is 0.800. The van der Waals surface area contributed by atoms with Crippen molar-refractivity contribution in [2.24, 2.45) is 17.3 Å². The molecule has 4 bridgehead atoms. The Labute approximate surface area is 159 Å². The highest BCUT2D eigenvalue weighted by Gasteiger charge is 2.57. The first-order valence-corrected chi connectivity index (χ1v) is 10.4. The van der Waals surface area contributed by atoms with Crippen LogP contribution in [-0.2, 0) is 10.3 Å². The van der Waals surface area contributed by atoms with Crippen molar-refractivity contribution in [3.05, 3.63) is 11.8 Å². The molecule has 5 heteroatoms. The predicted octanol–water partition coefficient (Wildman–Crippen LogP) is 5.01. The van der Waals surface area contributed by atoms with Crippen molar-refractivity contribution in [1.82, 2.24) is 9.78 Å². The number of anilines is 1. The number of rotatable bonds is 3. The maximum atomic E-state index is 12.9. The molecule has 2 atom stereocenters. The number of hydrogen-bond donors (Lipinski definition) is 1. The number of halogens is 1. The van der Waals surface area contributed by atoms with Crippen molar-refractivity contribution in [2.45, 2.75) is 82.5 Å². The van der Waals surface area contributed by atoms with E-state index in [1.807, 2.05) is 17.7 Å². The number of nitrogens with one attached hydrogen (secondary N) is 1. The average molecular weight is 408 g/mol. The van der Waals surface area contributed by atoms with Gasteiger partial charge in [0.25, 0.3) is 0 Å². The number of amides is 1. The molecule has 1 amide bonds. The van der Waals surface area contributed by atoms with Crippen LogP contribution in [0.2, 0.25) is 0 Å². The lowest BCUT2D eigenvalue weighted by molar-refractivity contribution is -0.123. The first-order valence-electron chi connectivity index (χ1n) is 9.62. The zero-order valence-electron chi connectivity index (χ0n) is 15.9. The largest absolute Gasteiger partial charge is 0.311 e. The maximum absolute atomic E-state index is 12.9. The summed E-state index contributed by atoms with van der Waals surface area (Å²) in [5.74, 6) is 2.61. The number of aryl methyl sites for hydroxylation is 1. The summed E-state index contributed by atoms with van der Waals surface area (Å²) in [6.07, 6.45) is 8.29. The predicted molar refractivity (Wildman–Crippen MR) is 104 cm³/mol. The van der Waals surface area contributed by atoms with Crippen LogP contribution in [0.4, 0.5) is 5.82 Å². The van der Waals surface area contributed by atoms with Gasteiger partial charge in [0.15, 0.2) is 0 Å². The highest BCUT2D eigenvalue weighted by Crippen LogP contribution is 2.65. The van der Waals surface area contributed by atoms with Crippen LogP contribution >= 0.6 is 15.9 Å². The Morgan fingerprint density at radius 3 is 2.52 bits per heavy atom. The molecule has 5 rings (SSSR count). The molecule has 2 unspecified atom stereocenters. The Kier molecular flexibility index (Phi) is 3.92. The summed E-state index contributed by atoms with van der Waals surface area (Å²) < 4.78 is 2.24. The van der Waals surface area contributed by atoms with E-state index in [0.29, 0.717) is 10.7 Å². The van der Waals surface area contributed by atoms with E-state index in [2.05, 4.69) is 47.1 Å². The lowest BCUT2D eigenvalue weighted by Gasteiger charge is -2.60. The standard InChI is InChI=1S/C20H30BrN3O/c1-13-5-16(24(23-13)18(2,3)4)22-17(25)11-19-7-14-6-15(8-19)10-20(21,9-14)12-19/h5,14-15H,6-12H2,1-4H3,(H,22,25). The van der Waals surface area contributed by atoms with Crippen LogP contribution in [0.5, 0.6) is 0 Å². The second kappa shape index (κ2) is 5.58. The number of nitrogens with zero attached hydrogens (tertiary/aromatic N) is 2. The molecule has 1 N–H and O–H groups in total. The Morgan fingerprint density at radius 1 is 1.32 bits per heavy atom. The molecule has 4 nitrogen and oxygen atoms in total. The zero-order chi connectivity index (χ0) is 18.0. The van der Waals surface area contributed by atoms with E-state index in [9.17, 15) is 4.79 Å². The quantitative estimate of drug-likeness (QED) is 0.715. The maximum Gasteiger partial charge on any atom is 0.226 e. The van der Waals surface area contributed by atoms with E-state index in [0.717, 1.165) is 29.8 Å². The van der Waals surface area contributed by atoms with Crippen LogP contribution in [0.15, 0.2) is 6.07 Å². The van der Waals surface area contributed by atoms with Crippen molar-refractivity contribution < 1.29 is 4.79 Å². The molecule has 1 heterocycles. The lowest BCUT2D eigenvalue weighted by Crippen LogP contribution is -2.53. The van der Waals surface area contributed by atoms with Gasteiger partial charge >= 0.3 is 0 Å². The molecule has 138 valence electrons. The van der Waals surface area contributed by atoms with Gasteiger partial charge < -0.3 is 5.32 Å². The highest BCUT2D eigenvalue weighted by atomic mass is 79.9. The molecule has 0 saturated heterocycles. The fourth-order valence-corrected chi connectivity index (χ4v) is 7.68. The molecule has 4 aliphatic rings. The second-order valence-corrected chi connectivity index (χ2v) is 11.8. The first-order chi connectivity index (χ1) is 11.6. The van der Waals surface area contributed by atoms with Crippen LogP contribution in [0.1, 0.15) is 71.4 Å². The molecule has 0 aliphatic heterocycles. The second-order valence-electron chi connectivity index (χ2n) is 10.1. The molecule has 4 aliphatic carbocycles. The Hall–Kier alpha value is -0.840. The number of carbonyl (C=O) groups excluding carboxylic acids is 1. The summed E-state index contributed by atoms with van der Waals surface area (Å²) in [4.78, 5) is 12.9. The molecule has 25 heavy (non-hydrogen) atoms. The van der Waals surface area contributed by atoms with E-state index in [4.69, 9.17) is 0 Å². The van der Waals surface area contributed by atoms with E-state index in [-0.39, 0.29) is 16.9 Å². The van der Waals surface area contributed by atoms with E-state index in [1.165, 1.54) is 32.1 Å². The normalized spacial score (nSPS) is 36.7. The molecule has 0 radical (unpaired) electrons. The van der Waals surface area contributed by atoms with Crippen LogP contribution < -0.4 is 5.32 Å². The van der Waals surface area contributed by atoms with Crippen LogP contribution in [0, 0.1) is 24.2 Å². The minimum absolute atomic E-state index is 0.141. The van der Waals surface area contributed by atoms with Crippen LogP contribution in [0.25, 0.3) is 0 Å². The van der Waals surface area contributed by atoms with E-state index in [1.54, 1.807) is 0 Å². The van der Waals surface area contributed by atoms with Crippen molar-refractivity contribution in [2.75, 3.05) is 5.32 Å². The summed E-state index contributed by atoms with van der Waals surface area (Å²) in [7, 11) is 0. The van der Waals surface area contributed by atoms with Gasteiger partial charge in [-0.2, -0.15) is 5.10 Å². The SMILES string of the molecule is Cc1cc(NC(=O)CC23CC4CC(CC(Br)(C4)C2)C3)n(C(C)(C)C)n1. The summed E-state index contributed by atoms with van der Waals surface area (Å²) >= 11 is 4.04. The first kappa shape index (κ1) is 17.6. The number of aromatic nitrogens is 2. The molecule has 0 spiro atoms. The smallest absolute Gasteiger partial charge is 0.226 e. The molecular formula is C20H30BrN3O. The fourth-order valence-electron chi connectivity index (χ4n) is 6.17. The molecule has 4 fully saturated rings. The van der Waals surface area contributed by atoms with Gasteiger partial charge in [0.05, 0.1) is 11.2 Å². The van der Waals surface area contributed by atoms with Gasteiger partial charge in [-0.3, -0.25) is 4.79 Å². The van der Waals surface area contributed by atoms with E-state index >= 15 is 0 Å². The van der Waals surface area contributed by atoms with Gasteiger partial charge in [-0.1, -0.05) is 15.9 Å². The van der Waals surface area contributed by atoms with Crippen LogP contribution in [0.3, 0.4) is 0 Å². The molecule has 0 aromatic carbocycles. The minimum atomic E-state index is -0.141. The third-order valence-electron chi connectivity index (χ3n) is 6.38. The summed E-state index contributed by atoms with van der Waals surface area (Å²) in [6, 6.07) is 1.98. The van der Waals surface area contributed by atoms with E-state index < -0.39 is 0 Å². The molecule has 1 aromatic heterocycles. The number of hydrogen-bond acceptors (Lipinski definition) is 2. The van der Waals surface area contributed by atoms with Gasteiger partial charge in [-0.15, -0.1) is 0 Å². The zero-order valence-corrected chi connectivity index (χ0v) is 17.4. The topological polar surface area (TPSA) is 46.9 Å². The Bertz CT molecular complexity index is 688. The molecule has 1 aromatic rings. The van der Waals surface area contributed by atoms with Crippen molar-refractivity contribution in [3.63, 3.8) is 0 Å². The van der Waals surface area contributed by atoms with Gasteiger partial charge in [0.2, 0.25) is 5.91 Å². The Morgan fingerprint density at radius 2 is 1.96 bits per heavy atom. The van der Waals surface area contributed by atoms with Crippen molar-refractivity contribution >= 4 is 27.7 Å². The molecule has 4 saturated carbocycles. The Balaban J connectivity index is 1.50. The highest BCUT2D eigenvalue weighted by molar-refractivity contribution is 9.10. The third kappa shape index (κ3) is 3.29. The van der Waals surface area contributed by atoms with Gasteiger partial charge in [-0.25, -0.2) is 4.68 Å². The number of carbonyl (C=O) groups is 1. The lowest BCUT2D eigenvalue weighted by atomic mass is 9.48. The van der Waals surface area contributed by atoms with Crippen molar-refractivity contribution in [3.8, 4) is 0 Å². The minimum Gasteiger partial charge on any atom is -0.311 e. The summed E-state index contributed by atoms with van der Waals surface area (Å²) in [5, 5.41) is 7.74. The third-order valence-corrected chi connectivity index (χ3v) is 7.31. The molecular weight excluding hydrogens is 378 g/mol. The van der Waals surface area contributed by atoms with Crippen LogP contribution in [-0.4, -0.2) is 20.0 Å². The average Bonchev–Trinajstić information content (AvgIpc) is 2.75. The van der Waals surface area contributed by atoms with Gasteiger partial charge in [0.1, 0.15) is 5.82 Å². The summed E-state index contributed by atoms with van der Waals surface area (Å²) in [5.41, 5.74) is 1.01. The van der Waals surface area contributed by atoms with Crippen molar-refractivity contribution in [1.29, 1.82) is 0 Å². The van der Waals surface area contributed by atoms with Gasteiger partial charge in [0, 0.05) is 16.8 Å². The summed E-state index contributed by atoms with van der Waals surface area (Å²) in [6.45, 7) is 8.32.